The fraction of sp³-hybridized carbons (Fsp3) is 0.846. The van der Waals surface area contributed by atoms with Crippen LogP contribution in [0.3, 0.4) is 0 Å². The summed E-state index contributed by atoms with van der Waals surface area (Å²) < 4.78 is 5.10. The standard InChI is InChI=1S/C13H25N3O3/c1-13(2,9-19-4)11(17)16-7-5-6-10(8-16)15-12(18)14-3/h10H,5-9H2,1-4H3,(H2,14,15,18). The number of methoxy groups -OCH3 is 1. The highest BCUT2D eigenvalue weighted by Crippen LogP contribution is 2.22. The second-order valence-electron chi connectivity index (χ2n) is 5.63. The van der Waals surface area contributed by atoms with Gasteiger partial charge in [0.2, 0.25) is 5.91 Å². The van der Waals surface area contributed by atoms with Gasteiger partial charge in [0.1, 0.15) is 0 Å². The number of ether oxygens (including phenoxy) is 1. The Balaban J connectivity index is 2.59. The fourth-order valence-electron chi connectivity index (χ4n) is 2.39. The topological polar surface area (TPSA) is 70.7 Å². The van der Waals surface area contributed by atoms with E-state index in [9.17, 15) is 9.59 Å². The van der Waals surface area contributed by atoms with Gasteiger partial charge in [0.05, 0.1) is 12.0 Å². The highest BCUT2D eigenvalue weighted by molar-refractivity contribution is 5.82. The molecule has 1 unspecified atom stereocenters. The van der Waals surface area contributed by atoms with Gasteiger partial charge < -0.3 is 20.3 Å². The molecule has 1 aliphatic rings. The molecule has 3 amide bonds. The van der Waals surface area contributed by atoms with Crippen LogP contribution in [0, 0.1) is 5.41 Å². The molecule has 1 atom stereocenters. The Morgan fingerprint density at radius 2 is 2.11 bits per heavy atom. The molecule has 6 nitrogen and oxygen atoms in total. The minimum Gasteiger partial charge on any atom is -0.384 e. The van der Waals surface area contributed by atoms with Gasteiger partial charge in [0.25, 0.3) is 0 Å². The Labute approximate surface area is 114 Å². The molecule has 1 heterocycles. The van der Waals surface area contributed by atoms with Crippen LogP contribution in [0.1, 0.15) is 26.7 Å². The lowest BCUT2D eigenvalue weighted by atomic mass is 9.91. The van der Waals surface area contributed by atoms with Crippen LogP contribution in [0.4, 0.5) is 4.79 Å². The van der Waals surface area contributed by atoms with Crippen molar-refractivity contribution in [1.29, 1.82) is 0 Å². The van der Waals surface area contributed by atoms with Crippen LogP contribution >= 0.6 is 0 Å². The molecule has 110 valence electrons. The van der Waals surface area contributed by atoms with Gasteiger partial charge in [0.15, 0.2) is 0 Å². The molecule has 0 aromatic heterocycles. The second kappa shape index (κ2) is 6.75. The fourth-order valence-corrected chi connectivity index (χ4v) is 2.39. The number of hydrogen-bond donors (Lipinski definition) is 2. The summed E-state index contributed by atoms with van der Waals surface area (Å²) in [4.78, 5) is 25.6. The molecular formula is C13H25N3O3. The lowest BCUT2D eigenvalue weighted by Gasteiger charge is -2.37. The summed E-state index contributed by atoms with van der Waals surface area (Å²) in [6.07, 6.45) is 1.81. The molecule has 1 saturated heterocycles. The van der Waals surface area contributed by atoms with Gasteiger partial charge in [-0.2, -0.15) is 0 Å². The molecule has 6 heteroatoms. The lowest BCUT2D eigenvalue weighted by Crippen LogP contribution is -2.54. The minimum absolute atomic E-state index is 0.0241. The van der Waals surface area contributed by atoms with Crippen molar-refractivity contribution < 1.29 is 14.3 Å². The van der Waals surface area contributed by atoms with Crippen LogP contribution in [0.25, 0.3) is 0 Å². The van der Waals surface area contributed by atoms with Crippen molar-refractivity contribution in [2.24, 2.45) is 5.41 Å². The number of rotatable bonds is 4. The third-order valence-electron chi connectivity index (χ3n) is 3.36. The molecule has 0 saturated carbocycles. The Morgan fingerprint density at radius 3 is 2.68 bits per heavy atom. The van der Waals surface area contributed by atoms with Crippen LogP contribution in [0.15, 0.2) is 0 Å². The van der Waals surface area contributed by atoms with Crippen molar-refractivity contribution in [3.63, 3.8) is 0 Å². The molecule has 2 N–H and O–H groups in total. The zero-order valence-electron chi connectivity index (χ0n) is 12.3. The Hall–Kier alpha value is -1.30. The number of carbonyl (C=O) groups excluding carboxylic acids is 2. The average Bonchev–Trinajstić information content (AvgIpc) is 2.38. The van der Waals surface area contributed by atoms with E-state index < -0.39 is 5.41 Å². The zero-order valence-corrected chi connectivity index (χ0v) is 12.3. The van der Waals surface area contributed by atoms with Gasteiger partial charge in [-0.25, -0.2) is 4.79 Å². The molecule has 0 aromatic carbocycles. The van der Waals surface area contributed by atoms with E-state index in [1.165, 1.54) is 0 Å². The van der Waals surface area contributed by atoms with Crippen molar-refractivity contribution in [1.82, 2.24) is 15.5 Å². The zero-order chi connectivity index (χ0) is 14.5. The summed E-state index contributed by atoms with van der Waals surface area (Å²) in [5.41, 5.74) is -0.524. The van der Waals surface area contributed by atoms with Gasteiger partial charge in [-0.15, -0.1) is 0 Å². The first-order valence-corrected chi connectivity index (χ1v) is 6.67. The van der Waals surface area contributed by atoms with E-state index in [2.05, 4.69) is 10.6 Å². The number of nitrogens with one attached hydrogen (secondary N) is 2. The number of carbonyl (C=O) groups is 2. The SMILES string of the molecule is CNC(=O)NC1CCCN(C(=O)C(C)(C)COC)C1. The van der Waals surface area contributed by atoms with E-state index >= 15 is 0 Å². The van der Waals surface area contributed by atoms with Crippen molar-refractivity contribution in [3.8, 4) is 0 Å². The normalized spacial score (nSPS) is 20.0. The molecule has 1 rings (SSSR count). The summed E-state index contributed by atoms with van der Waals surface area (Å²) in [6, 6.07) is -0.175. The highest BCUT2D eigenvalue weighted by atomic mass is 16.5. The van der Waals surface area contributed by atoms with Gasteiger partial charge in [0, 0.05) is 33.3 Å². The largest absolute Gasteiger partial charge is 0.384 e. The first kappa shape index (κ1) is 15.8. The van der Waals surface area contributed by atoms with Crippen LogP contribution < -0.4 is 10.6 Å². The van der Waals surface area contributed by atoms with E-state index in [-0.39, 0.29) is 18.0 Å². The molecular weight excluding hydrogens is 246 g/mol. The minimum atomic E-state index is -0.524. The van der Waals surface area contributed by atoms with Crippen molar-refractivity contribution in [3.05, 3.63) is 0 Å². The Kier molecular flexibility index (Phi) is 5.60. The predicted molar refractivity (Wildman–Crippen MR) is 72.9 cm³/mol. The van der Waals surface area contributed by atoms with Crippen molar-refractivity contribution in [2.45, 2.75) is 32.7 Å². The number of likely N-dealkylation sites (tertiary alicyclic amines) is 1. The summed E-state index contributed by atoms with van der Waals surface area (Å²) in [6.45, 7) is 5.48. The van der Waals surface area contributed by atoms with E-state index in [1.807, 2.05) is 18.7 Å². The number of hydrogen-bond acceptors (Lipinski definition) is 3. The monoisotopic (exact) mass is 271 g/mol. The molecule has 0 spiro atoms. The second-order valence-corrected chi connectivity index (χ2v) is 5.63. The maximum Gasteiger partial charge on any atom is 0.314 e. The van der Waals surface area contributed by atoms with Gasteiger partial charge in [-0.05, 0) is 26.7 Å². The summed E-state index contributed by atoms with van der Waals surface area (Å²) in [5.74, 6) is 0.0813. The van der Waals surface area contributed by atoms with E-state index in [4.69, 9.17) is 4.74 Å². The third-order valence-corrected chi connectivity index (χ3v) is 3.36. The highest BCUT2D eigenvalue weighted by Gasteiger charge is 2.34. The number of nitrogens with zero attached hydrogens (tertiary/aromatic N) is 1. The number of piperidine rings is 1. The van der Waals surface area contributed by atoms with Gasteiger partial charge >= 0.3 is 6.03 Å². The quantitative estimate of drug-likeness (QED) is 0.785. The first-order chi connectivity index (χ1) is 8.90. The van der Waals surface area contributed by atoms with E-state index in [0.29, 0.717) is 13.2 Å². The molecule has 1 fully saturated rings. The maximum atomic E-state index is 12.4. The summed E-state index contributed by atoms with van der Waals surface area (Å²) >= 11 is 0. The molecule has 0 radical (unpaired) electrons. The van der Waals surface area contributed by atoms with Crippen molar-refractivity contribution in [2.75, 3.05) is 33.9 Å². The van der Waals surface area contributed by atoms with E-state index in [0.717, 1.165) is 19.4 Å². The molecule has 0 aliphatic carbocycles. The van der Waals surface area contributed by atoms with Crippen LogP contribution in [-0.4, -0.2) is 56.7 Å². The smallest absolute Gasteiger partial charge is 0.314 e. The average molecular weight is 271 g/mol. The third kappa shape index (κ3) is 4.38. The molecule has 1 aliphatic heterocycles. The van der Waals surface area contributed by atoms with E-state index in [1.54, 1.807) is 14.2 Å². The van der Waals surface area contributed by atoms with Gasteiger partial charge in [-0.3, -0.25) is 4.79 Å². The predicted octanol–water partition coefficient (Wildman–Crippen LogP) is 0.579. The summed E-state index contributed by atoms with van der Waals surface area (Å²) in [7, 11) is 3.18. The Bertz CT molecular complexity index is 331. The molecule has 0 bridgehead atoms. The van der Waals surface area contributed by atoms with Crippen LogP contribution in [0.5, 0.6) is 0 Å². The van der Waals surface area contributed by atoms with Crippen LogP contribution in [0.2, 0.25) is 0 Å². The maximum absolute atomic E-state index is 12.4. The number of urea groups is 1. The Morgan fingerprint density at radius 1 is 1.42 bits per heavy atom. The number of amides is 3. The van der Waals surface area contributed by atoms with Crippen molar-refractivity contribution >= 4 is 11.9 Å². The molecule has 19 heavy (non-hydrogen) atoms. The van der Waals surface area contributed by atoms with Gasteiger partial charge in [-0.1, -0.05) is 0 Å². The van der Waals surface area contributed by atoms with Crippen LogP contribution in [-0.2, 0) is 9.53 Å². The summed E-state index contributed by atoms with van der Waals surface area (Å²) in [5, 5.41) is 5.40. The lowest BCUT2D eigenvalue weighted by molar-refractivity contribution is -0.144. The first-order valence-electron chi connectivity index (χ1n) is 6.67. The molecule has 0 aromatic rings.